The first kappa shape index (κ1) is 43.3. The Hall–Kier alpha value is -7.32. The van der Waals surface area contributed by atoms with Gasteiger partial charge in [-0.2, -0.15) is 0 Å². The number of aliphatic imine (C=N–C) groups is 2. The van der Waals surface area contributed by atoms with Gasteiger partial charge in [0.25, 0.3) is 0 Å². The number of phenols is 2. The first-order chi connectivity index (χ1) is 30.6. The second kappa shape index (κ2) is 17.8. The van der Waals surface area contributed by atoms with Crippen LogP contribution in [-0.4, -0.2) is 31.8 Å². The van der Waals surface area contributed by atoms with Crippen molar-refractivity contribution in [1.29, 1.82) is 0 Å². The summed E-state index contributed by atoms with van der Waals surface area (Å²) in [4.78, 5) is 10.2. The lowest BCUT2D eigenvalue weighted by Gasteiger charge is -2.21. The predicted octanol–water partition coefficient (Wildman–Crippen LogP) is 11.7. The maximum atomic E-state index is 11.8. The number of nitrogens with zero attached hydrogens (tertiary/aromatic N) is 6. The van der Waals surface area contributed by atoms with E-state index in [0.29, 0.717) is 24.2 Å². The molecule has 8 nitrogen and oxygen atoms in total. The van der Waals surface area contributed by atoms with Crippen LogP contribution in [-0.2, 0) is 23.9 Å². The molecule has 0 radical (unpaired) electrons. The molecule has 8 aromatic rings. The largest absolute Gasteiger partial charge is 0.507 e. The number of para-hydroxylation sites is 2. The van der Waals surface area contributed by atoms with Gasteiger partial charge in [0, 0.05) is 45.8 Å². The van der Waals surface area contributed by atoms with Crippen molar-refractivity contribution in [2.24, 2.45) is 9.98 Å². The standard InChI is InChI=1S/C56H56N6O2/c1-39-17-15-23-49(57-33-41-29-45(55(3,4)5)31-43(53(41)63)35-59-25-27-61(37-59)47-19-11-9-12-20-47)51(39)52-40(2)18-16-24-50(52)58-34-42-30-46(56(6,7)8)32-44(54(42)64)36-60-26-28-62(38-60)48-21-13-10-14-22-48/h9-34,37-38H,35-36H2,1-8H3/p+2. The summed E-state index contributed by atoms with van der Waals surface area (Å²) < 4.78 is 8.31. The third-order valence-corrected chi connectivity index (χ3v) is 11.8. The summed E-state index contributed by atoms with van der Waals surface area (Å²) in [6.45, 7) is 18.3. The molecule has 0 unspecified atom stereocenters. The molecule has 2 N–H and O–H groups in total. The minimum atomic E-state index is -0.164. The molecule has 8 rings (SSSR count). The molecule has 64 heavy (non-hydrogen) atoms. The van der Waals surface area contributed by atoms with Crippen LogP contribution in [0.5, 0.6) is 11.5 Å². The van der Waals surface area contributed by atoms with E-state index in [2.05, 4.69) is 122 Å². The number of hydrogen-bond acceptors (Lipinski definition) is 4. The van der Waals surface area contributed by atoms with E-state index < -0.39 is 0 Å². The van der Waals surface area contributed by atoms with Crippen LogP contribution in [0.15, 0.2) is 169 Å². The Kier molecular flexibility index (Phi) is 12.1. The fraction of sp³-hybridized carbons (Fsp3) is 0.214. The summed E-state index contributed by atoms with van der Waals surface area (Å²) in [5.41, 5.74) is 12.5. The third-order valence-electron chi connectivity index (χ3n) is 11.8. The van der Waals surface area contributed by atoms with Crippen molar-refractivity contribution in [3.63, 3.8) is 0 Å². The molecular formula is C56H58N6O2+2. The Bertz CT molecular complexity index is 2790. The van der Waals surface area contributed by atoms with Crippen LogP contribution in [0.1, 0.15) is 86.1 Å². The van der Waals surface area contributed by atoms with Crippen LogP contribution >= 0.6 is 0 Å². The van der Waals surface area contributed by atoms with Gasteiger partial charge in [0.1, 0.15) is 60.8 Å². The van der Waals surface area contributed by atoms with E-state index in [1.165, 1.54) is 0 Å². The van der Waals surface area contributed by atoms with Crippen molar-refractivity contribution in [1.82, 2.24) is 9.13 Å². The maximum absolute atomic E-state index is 11.8. The quantitative estimate of drug-likeness (QED) is 0.100. The van der Waals surface area contributed by atoms with Crippen LogP contribution in [0.4, 0.5) is 11.4 Å². The zero-order valence-electron chi connectivity index (χ0n) is 38.2. The van der Waals surface area contributed by atoms with Crippen LogP contribution in [0.2, 0.25) is 0 Å². The molecular weight excluding hydrogens is 789 g/mol. The van der Waals surface area contributed by atoms with E-state index in [4.69, 9.17) is 9.98 Å². The van der Waals surface area contributed by atoms with Gasteiger partial charge in [-0.1, -0.05) is 102 Å². The molecule has 2 heterocycles. The van der Waals surface area contributed by atoms with Crippen molar-refractivity contribution in [2.45, 2.75) is 79.3 Å². The van der Waals surface area contributed by atoms with Gasteiger partial charge in [-0.15, -0.1) is 0 Å². The van der Waals surface area contributed by atoms with E-state index in [1.54, 1.807) is 12.4 Å². The molecule has 0 aliphatic heterocycles. The number of imidazole rings is 2. The second-order valence-electron chi connectivity index (χ2n) is 18.8. The van der Waals surface area contributed by atoms with Gasteiger partial charge in [-0.05, 0) is 108 Å². The topological polar surface area (TPSA) is 82.8 Å². The highest BCUT2D eigenvalue weighted by Gasteiger charge is 2.23. The Labute approximate surface area is 377 Å². The van der Waals surface area contributed by atoms with Gasteiger partial charge < -0.3 is 10.2 Å². The molecule has 0 aliphatic carbocycles. The Morgan fingerprint density at radius 3 is 1.28 bits per heavy atom. The highest BCUT2D eigenvalue weighted by atomic mass is 16.3. The van der Waals surface area contributed by atoms with Gasteiger partial charge >= 0.3 is 0 Å². The molecule has 0 atom stereocenters. The lowest BCUT2D eigenvalue weighted by atomic mass is 9.84. The van der Waals surface area contributed by atoms with E-state index in [9.17, 15) is 10.2 Å². The lowest BCUT2D eigenvalue weighted by molar-refractivity contribution is -0.687. The summed E-state index contributed by atoms with van der Waals surface area (Å²) in [5.74, 6) is 0.409. The Balaban J connectivity index is 1.14. The SMILES string of the molecule is Cc1cccc(N=Cc2cc(C(C)(C)C)cc(C[n+]3ccn(-c4ccccc4)c3)c2O)c1-c1c(C)cccc1N=Cc1cc(C(C)(C)C)cc(C[n+]2ccn(-c3ccccc3)c2)c1O. The number of aromatic hydroxyl groups is 2. The second-order valence-corrected chi connectivity index (χ2v) is 18.8. The maximum Gasteiger partial charge on any atom is 0.249 e. The fourth-order valence-corrected chi connectivity index (χ4v) is 8.06. The van der Waals surface area contributed by atoms with Crippen molar-refractivity contribution in [3.05, 3.63) is 203 Å². The van der Waals surface area contributed by atoms with Crippen LogP contribution in [0, 0.1) is 13.8 Å². The van der Waals surface area contributed by atoms with E-state index in [-0.39, 0.29) is 22.3 Å². The highest BCUT2D eigenvalue weighted by molar-refractivity contribution is 5.95. The highest BCUT2D eigenvalue weighted by Crippen LogP contribution is 2.42. The monoisotopic (exact) mass is 846 g/mol. The number of benzene rings is 6. The summed E-state index contributed by atoms with van der Waals surface area (Å²) in [7, 11) is 0. The summed E-state index contributed by atoms with van der Waals surface area (Å²) in [5, 5.41) is 23.7. The molecule has 0 fully saturated rings. The molecule has 0 saturated carbocycles. The van der Waals surface area contributed by atoms with Crippen LogP contribution in [0.3, 0.4) is 0 Å². The van der Waals surface area contributed by atoms with Gasteiger partial charge in [-0.25, -0.2) is 18.3 Å². The van der Waals surface area contributed by atoms with E-state index in [1.807, 2.05) is 110 Å². The Morgan fingerprint density at radius 1 is 0.516 bits per heavy atom. The van der Waals surface area contributed by atoms with Crippen molar-refractivity contribution < 1.29 is 19.3 Å². The molecule has 0 bridgehead atoms. The number of hydrogen-bond donors (Lipinski definition) is 2. The van der Waals surface area contributed by atoms with Gasteiger partial charge in [0.2, 0.25) is 12.7 Å². The van der Waals surface area contributed by atoms with Crippen molar-refractivity contribution in [2.75, 3.05) is 0 Å². The molecule has 0 saturated heterocycles. The zero-order valence-corrected chi connectivity index (χ0v) is 38.2. The number of rotatable bonds is 11. The van der Waals surface area contributed by atoms with Crippen molar-refractivity contribution in [3.8, 4) is 34.0 Å². The first-order valence-electron chi connectivity index (χ1n) is 21.9. The number of aromatic nitrogens is 4. The average Bonchev–Trinajstić information content (AvgIpc) is 3.95. The molecule has 0 aliphatic rings. The van der Waals surface area contributed by atoms with Crippen LogP contribution in [0.25, 0.3) is 22.5 Å². The summed E-state index contributed by atoms with van der Waals surface area (Å²) >= 11 is 0. The van der Waals surface area contributed by atoms with Gasteiger partial charge in [0.05, 0.1) is 11.4 Å². The molecule has 0 amide bonds. The third kappa shape index (κ3) is 9.52. The number of phenolic OH excluding ortho intramolecular Hbond substituents is 2. The minimum absolute atomic E-state index is 0.164. The van der Waals surface area contributed by atoms with Gasteiger partial charge in [0.15, 0.2) is 0 Å². The normalized spacial score (nSPS) is 12.2. The first-order valence-corrected chi connectivity index (χ1v) is 21.9. The summed E-state index contributed by atoms with van der Waals surface area (Å²) in [6, 6.07) is 41.0. The predicted molar refractivity (Wildman–Crippen MR) is 260 cm³/mol. The van der Waals surface area contributed by atoms with Crippen molar-refractivity contribution >= 4 is 23.8 Å². The number of aryl methyl sites for hydroxylation is 2. The lowest BCUT2D eigenvalue weighted by Crippen LogP contribution is -2.32. The average molecular weight is 847 g/mol. The molecule has 8 heteroatoms. The van der Waals surface area contributed by atoms with Gasteiger partial charge in [-0.3, -0.25) is 9.98 Å². The fourth-order valence-electron chi connectivity index (χ4n) is 8.06. The summed E-state index contributed by atoms with van der Waals surface area (Å²) in [6.07, 6.45) is 15.8. The minimum Gasteiger partial charge on any atom is -0.507 e. The van der Waals surface area contributed by atoms with E-state index >= 15 is 0 Å². The van der Waals surface area contributed by atoms with Crippen LogP contribution < -0.4 is 9.13 Å². The molecule has 6 aromatic carbocycles. The molecule has 0 spiro atoms. The molecule has 2 aromatic heterocycles. The smallest absolute Gasteiger partial charge is 0.249 e. The van der Waals surface area contributed by atoms with E-state index in [0.717, 1.165) is 67.3 Å². The Morgan fingerprint density at radius 2 is 0.906 bits per heavy atom. The zero-order chi connectivity index (χ0) is 45.2. The molecule has 322 valence electrons.